The van der Waals surface area contributed by atoms with Gasteiger partial charge in [-0.2, -0.15) is 0 Å². The van der Waals surface area contributed by atoms with Gasteiger partial charge in [-0.3, -0.25) is 4.79 Å². The summed E-state index contributed by atoms with van der Waals surface area (Å²) in [5.74, 6) is 0.379. The quantitative estimate of drug-likeness (QED) is 0.905. The van der Waals surface area contributed by atoms with Gasteiger partial charge in [-0.15, -0.1) is 0 Å². The monoisotopic (exact) mass is 358 g/mol. The van der Waals surface area contributed by atoms with E-state index in [0.29, 0.717) is 35.7 Å². The number of carbonyl (C=O) groups is 2. The molecule has 0 spiro atoms. The van der Waals surface area contributed by atoms with Gasteiger partial charge in [-0.25, -0.2) is 9.78 Å². The van der Waals surface area contributed by atoms with Gasteiger partial charge in [0.1, 0.15) is 0 Å². The van der Waals surface area contributed by atoms with E-state index in [1.807, 2.05) is 6.07 Å². The number of nitrogens with one attached hydrogen (secondary N) is 1. The number of hydrogen-bond acceptors (Lipinski definition) is 6. The molecule has 1 aliphatic heterocycles. The molecular formula is C18H22N4O4. The topological polar surface area (TPSA) is 97.6 Å². The minimum atomic E-state index is -0.310. The van der Waals surface area contributed by atoms with Crippen LogP contribution in [-0.4, -0.2) is 54.3 Å². The van der Waals surface area contributed by atoms with Crippen molar-refractivity contribution in [3.63, 3.8) is 0 Å². The number of rotatable bonds is 3. The number of hydrogen-bond donors (Lipinski definition) is 1. The van der Waals surface area contributed by atoms with Gasteiger partial charge in [0.05, 0.1) is 23.8 Å². The summed E-state index contributed by atoms with van der Waals surface area (Å²) in [6.45, 7) is 1.18. The molecule has 1 N–H and O–H groups in total. The van der Waals surface area contributed by atoms with Crippen molar-refractivity contribution in [2.45, 2.75) is 37.5 Å². The molecule has 0 atom stereocenters. The Hall–Kier alpha value is -2.64. The number of fused-ring (bicyclic) bond motifs is 1. The Kier molecular flexibility index (Phi) is 4.26. The molecule has 8 nitrogen and oxygen atoms in total. The van der Waals surface area contributed by atoms with Crippen molar-refractivity contribution >= 4 is 23.1 Å². The van der Waals surface area contributed by atoms with Gasteiger partial charge in [0, 0.05) is 37.7 Å². The van der Waals surface area contributed by atoms with Crippen LogP contribution in [0.15, 0.2) is 10.6 Å². The number of amides is 2. The number of piperidine rings is 1. The predicted molar refractivity (Wildman–Crippen MR) is 93.1 cm³/mol. The van der Waals surface area contributed by atoms with Crippen LogP contribution >= 0.6 is 0 Å². The van der Waals surface area contributed by atoms with Crippen molar-refractivity contribution in [3.05, 3.63) is 23.0 Å². The normalized spacial score (nSPS) is 18.2. The maximum Gasteiger partial charge on any atom is 0.409 e. The van der Waals surface area contributed by atoms with Crippen LogP contribution in [0.4, 0.5) is 4.79 Å². The standard InChI is InChI=1S/C18H22N4O4/c1-19-16(23)12-9-13(10-3-4-10)20-17-14(12)15(21-26-17)11-5-7-22(8-6-11)18(24)25-2/h9-11H,3-8H2,1-2H3,(H,19,23). The first-order valence-electron chi connectivity index (χ1n) is 8.97. The Morgan fingerprint density at radius 1 is 1.23 bits per heavy atom. The van der Waals surface area contributed by atoms with E-state index < -0.39 is 0 Å². The first-order valence-corrected chi connectivity index (χ1v) is 8.97. The Balaban J connectivity index is 1.68. The average Bonchev–Trinajstić information content (AvgIpc) is 3.45. The number of likely N-dealkylation sites (tertiary alicyclic amines) is 1. The number of ether oxygens (including phenoxy) is 1. The van der Waals surface area contributed by atoms with E-state index in [9.17, 15) is 9.59 Å². The van der Waals surface area contributed by atoms with E-state index in [2.05, 4.69) is 15.5 Å². The molecule has 1 saturated carbocycles. The van der Waals surface area contributed by atoms with Crippen molar-refractivity contribution < 1.29 is 18.8 Å². The Morgan fingerprint density at radius 3 is 2.58 bits per heavy atom. The molecule has 2 aliphatic rings. The third kappa shape index (κ3) is 2.89. The van der Waals surface area contributed by atoms with Crippen LogP contribution in [0.25, 0.3) is 11.1 Å². The van der Waals surface area contributed by atoms with E-state index in [4.69, 9.17) is 9.26 Å². The molecule has 0 radical (unpaired) electrons. The summed E-state index contributed by atoms with van der Waals surface area (Å²) in [5.41, 5.74) is 2.67. The highest BCUT2D eigenvalue weighted by molar-refractivity contribution is 6.06. The van der Waals surface area contributed by atoms with Crippen LogP contribution < -0.4 is 5.32 Å². The third-order valence-electron chi connectivity index (χ3n) is 5.27. The molecule has 138 valence electrons. The fourth-order valence-corrected chi connectivity index (χ4v) is 3.64. The second-order valence-corrected chi connectivity index (χ2v) is 6.93. The zero-order valence-corrected chi connectivity index (χ0v) is 14.9. The predicted octanol–water partition coefficient (Wildman–Crippen LogP) is 2.41. The Bertz CT molecular complexity index is 850. The third-order valence-corrected chi connectivity index (χ3v) is 5.27. The molecule has 3 heterocycles. The summed E-state index contributed by atoms with van der Waals surface area (Å²) in [6.07, 6.45) is 3.37. The molecule has 8 heteroatoms. The van der Waals surface area contributed by atoms with Crippen molar-refractivity contribution in [1.29, 1.82) is 0 Å². The highest BCUT2D eigenvalue weighted by Gasteiger charge is 2.32. The van der Waals surface area contributed by atoms with Gasteiger partial charge < -0.3 is 19.5 Å². The number of carbonyl (C=O) groups excluding carboxylic acids is 2. The fraction of sp³-hybridized carbons (Fsp3) is 0.556. The summed E-state index contributed by atoms with van der Waals surface area (Å²) in [5, 5.41) is 7.66. The second kappa shape index (κ2) is 6.59. The highest BCUT2D eigenvalue weighted by Crippen LogP contribution is 2.41. The Morgan fingerprint density at radius 2 is 1.96 bits per heavy atom. The van der Waals surface area contributed by atoms with Crippen LogP contribution in [0, 0.1) is 0 Å². The molecule has 4 rings (SSSR count). The van der Waals surface area contributed by atoms with Gasteiger partial charge in [-0.1, -0.05) is 5.16 Å². The number of methoxy groups -OCH3 is 1. The lowest BCUT2D eigenvalue weighted by atomic mass is 9.90. The molecule has 0 unspecified atom stereocenters. The molecule has 2 aromatic heterocycles. The van der Waals surface area contributed by atoms with Gasteiger partial charge in [0.15, 0.2) is 0 Å². The zero-order valence-electron chi connectivity index (χ0n) is 14.9. The smallest absolute Gasteiger partial charge is 0.409 e. The minimum absolute atomic E-state index is 0.120. The van der Waals surface area contributed by atoms with Crippen LogP contribution in [0.5, 0.6) is 0 Å². The molecule has 1 aliphatic carbocycles. The molecule has 0 bridgehead atoms. The fourth-order valence-electron chi connectivity index (χ4n) is 3.64. The van der Waals surface area contributed by atoms with Crippen molar-refractivity contribution in [1.82, 2.24) is 20.4 Å². The molecule has 2 aromatic rings. The lowest BCUT2D eigenvalue weighted by Gasteiger charge is -2.30. The number of nitrogens with zero attached hydrogens (tertiary/aromatic N) is 3. The summed E-state index contributed by atoms with van der Waals surface area (Å²) in [6, 6.07) is 1.88. The summed E-state index contributed by atoms with van der Waals surface area (Å²) >= 11 is 0. The second-order valence-electron chi connectivity index (χ2n) is 6.93. The lowest BCUT2D eigenvalue weighted by Crippen LogP contribution is -2.37. The zero-order chi connectivity index (χ0) is 18.3. The summed E-state index contributed by atoms with van der Waals surface area (Å²) < 4.78 is 10.3. The van der Waals surface area contributed by atoms with Crippen molar-refractivity contribution in [3.8, 4) is 0 Å². The van der Waals surface area contributed by atoms with E-state index in [1.165, 1.54) is 7.11 Å². The Labute approximate surface area is 150 Å². The number of aromatic nitrogens is 2. The van der Waals surface area contributed by atoms with Gasteiger partial charge in [0.2, 0.25) is 0 Å². The van der Waals surface area contributed by atoms with Gasteiger partial charge in [0.25, 0.3) is 11.6 Å². The van der Waals surface area contributed by atoms with Crippen LogP contribution in [-0.2, 0) is 4.74 Å². The first-order chi connectivity index (χ1) is 12.6. The molecule has 26 heavy (non-hydrogen) atoms. The van der Waals surface area contributed by atoms with Gasteiger partial charge >= 0.3 is 6.09 Å². The average molecular weight is 358 g/mol. The lowest BCUT2D eigenvalue weighted by molar-refractivity contribution is 0.0964. The van der Waals surface area contributed by atoms with E-state index in [0.717, 1.165) is 37.1 Å². The van der Waals surface area contributed by atoms with Crippen molar-refractivity contribution in [2.75, 3.05) is 27.2 Å². The number of pyridine rings is 1. The maximum absolute atomic E-state index is 12.5. The van der Waals surface area contributed by atoms with Gasteiger partial charge in [-0.05, 0) is 31.7 Å². The van der Waals surface area contributed by atoms with E-state index >= 15 is 0 Å². The largest absolute Gasteiger partial charge is 0.453 e. The molecule has 2 fully saturated rings. The van der Waals surface area contributed by atoms with Crippen LogP contribution in [0.2, 0.25) is 0 Å². The SMILES string of the molecule is CNC(=O)c1cc(C2CC2)nc2onc(C3CCN(C(=O)OC)CC3)c12. The minimum Gasteiger partial charge on any atom is -0.453 e. The van der Waals surface area contributed by atoms with Crippen LogP contribution in [0.3, 0.4) is 0 Å². The first kappa shape index (κ1) is 16.8. The molecule has 0 aromatic carbocycles. The summed E-state index contributed by atoms with van der Waals surface area (Å²) in [7, 11) is 3.01. The molecule has 1 saturated heterocycles. The van der Waals surface area contributed by atoms with Crippen molar-refractivity contribution in [2.24, 2.45) is 0 Å². The molecular weight excluding hydrogens is 336 g/mol. The van der Waals surface area contributed by atoms with E-state index in [1.54, 1.807) is 11.9 Å². The molecule has 2 amide bonds. The summed E-state index contributed by atoms with van der Waals surface area (Å²) in [4.78, 5) is 30.4. The highest BCUT2D eigenvalue weighted by atomic mass is 16.5. The maximum atomic E-state index is 12.5. The van der Waals surface area contributed by atoms with Crippen LogP contribution in [0.1, 0.15) is 59.3 Å². The van der Waals surface area contributed by atoms with E-state index in [-0.39, 0.29) is 17.9 Å².